The molecule has 4 nitrogen and oxygen atoms in total. The first kappa shape index (κ1) is 13.1. The van der Waals surface area contributed by atoms with Gasteiger partial charge >= 0.3 is 0 Å². The Bertz CT molecular complexity index is 602. The molecule has 0 aromatic carbocycles. The minimum Gasteiger partial charge on any atom is -0.271 e. The van der Waals surface area contributed by atoms with Gasteiger partial charge in [0.15, 0.2) is 0 Å². The van der Waals surface area contributed by atoms with Crippen LogP contribution in [0.25, 0.3) is 0 Å². The summed E-state index contributed by atoms with van der Waals surface area (Å²) in [5, 5.41) is 0. The van der Waals surface area contributed by atoms with Gasteiger partial charge in [0.25, 0.3) is 0 Å². The van der Waals surface area contributed by atoms with Crippen LogP contribution in [-0.4, -0.2) is 9.97 Å². The number of halogens is 1. The van der Waals surface area contributed by atoms with Crippen molar-refractivity contribution in [2.45, 2.75) is 31.2 Å². The number of pyridine rings is 2. The molecular weight excluding hydrogens is 255 g/mol. The minimum atomic E-state index is -0.356. The molecule has 0 spiro atoms. The molecule has 0 saturated carbocycles. The van der Waals surface area contributed by atoms with Crippen molar-refractivity contribution in [1.82, 2.24) is 15.4 Å². The summed E-state index contributed by atoms with van der Waals surface area (Å²) in [6, 6.07) is 6.66. The Morgan fingerprint density at radius 2 is 2.05 bits per heavy atom. The maximum absolute atomic E-state index is 14.0. The normalized spacial score (nSPS) is 19.4. The van der Waals surface area contributed by atoms with E-state index >= 15 is 0 Å². The van der Waals surface area contributed by atoms with Crippen molar-refractivity contribution in [3.8, 4) is 0 Å². The van der Waals surface area contributed by atoms with Gasteiger partial charge < -0.3 is 0 Å². The van der Waals surface area contributed by atoms with Crippen molar-refractivity contribution in [2.75, 3.05) is 0 Å². The van der Waals surface area contributed by atoms with Crippen molar-refractivity contribution >= 4 is 0 Å². The number of hydrogen-bond acceptors (Lipinski definition) is 4. The van der Waals surface area contributed by atoms with Crippen molar-refractivity contribution in [2.24, 2.45) is 5.84 Å². The first-order chi connectivity index (χ1) is 9.81. The van der Waals surface area contributed by atoms with Gasteiger partial charge in [0.05, 0.1) is 11.7 Å². The number of aromatic nitrogens is 2. The smallest absolute Gasteiger partial charge is 0.146 e. The van der Waals surface area contributed by atoms with E-state index in [2.05, 4.69) is 21.5 Å². The number of nitrogens with one attached hydrogen (secondary N) is 1. The van der Waals surface area contributed by atoms with Crippen molar-refractivity contribution in [3.05, 3.63) is 59.4 Å². The van der Waals surface area contributed by atoms with Gasteiger partial charge in [-0.3, -0.25) is 21.2 Å². The second kappa shape index (κ2) is 5.64. The van der Waals surface area contributed by atoms with E-state index in [0.717, 1.165) is 25.0 Å². The summed E-state index contributed by atoms with van der Waals surface area (Å²) in [7, 11) is 0. The first-order valence-electron chi connectivity index (χ1n) is 6.81. The van der Waals surface area contributed by atoms with E-state index < -0.39 is 0 Å². The highest BCUT2D eigenvalue weighted by Gasteiger charge is 2.31. The van der Waals surface area contributed by atoms with Gasteiger partial charge in [0.1, 0.15) is 5.82 Å². The molecule has 1 aliphatic rings. The highest BCUT2D eigenvalue weighted by molar-refractivity contribution is 5.29. The van der Waals surface area contributed by atoms with Crippen LogP contribution in [0.3, 0.4) is 0 Å². The second-order valence-corrected chi connectivity index (χ2v) is 5.06. The molecule has 0 saturated heterocycles. The SMILES string of the molecule is NNC(c1ncccc1F)C1CCCc2cccnc21. The third-order valence-electron chi connectivity index (χ3n) is 3.90. The fourth-order valence-corrected chi connectivity index (χ4v) is 2.98. The van der Waals surface area contributed by atoms with Crippen LogP contribution >= 0.6 is 0 Å². The predicted octanol–water partition coefficient (Wildman–Crippen LogP) is 2.24. The molecule has 3 rings (SSSR count). The average molecular weight is 272 g/mol. The fraction of sp³-hybridized carbons (Fsp3) is 0.333. The molecule has 0 fully saturated rings. The molecule has 0 amide bonds. The Kier molecular flexibility index (Phi) is 3.71. The molecule has 20 heavy (non-hydrogen) atoms. The molecule has 0 bridgehead atoms. The van der Waals surface area contributed by atoms with Crippen LogP contribution in [0.1, 0.15) is 41.8 Å². The molecule has 0 aliphatic heterocycles. The van der Waals surface area contributed by atoms with Gasteiger partial charge in [0, 0.05) is 24.0 Å². The van der Waals surface area contributed by atoms with E-state index in [0.29, 0.717) is 5.69 Å². The van der Waals surface area contributed by atoms with Gasteiger partial charge in [-0.2, -0.15) is 0 Å². The fourth-order valence-electron chi connectivity index (χ4n) is 2.98. The monoisotopic (exact) mass is 272 g/mol. The van der Waals surface area contributed by atoms with Gasteiger partial charge in [-0.05, 0) is 43.0 Å². The summed E-state index contributed by atoms with van der Waals surface area (Å²) in [4.78, 5) is 8.63. The lowest BCUT2D eigenvalue weighted by molar-refractivity contribution is 0.380. The zero-order valence-corrected chi connectivity index (χ0v) is 11.1. The summed E-state index contributed by atoms with van der Waals surface area (Å²) < 4.78 is 14.0. The Hall–Kier alpha value is -1.85. The number of hydrogen-bond donors (Lipinski definition) is 2. The highest BCUT2D eigenvalue weighted by atomic mass is 19.1. The van der Waals surface area contributed by atoms with Crippen LogP contribution in [0.2, 0.25) is 0 Å². The predicted molar refractivity (Wildman–Crippen MR) is 74.2 cm³/mol. The van der Waals surface area contributed by atoms with E-state index in [-0.39, 0.29) is 17.8 Å². The van der Waals surface area contributed by atoms with Crippen molar-refractivity contribution < 1.29 is 4.39 Å². The minimum absolute atomic E-state index is 0.0503. The Morgan fingerprint density at radius 3 is 2.85 bits per heavy atom. The summed E-state index contributed by atoms with van der Waals surface area (Å²) >= 11 is 0. The molecule has 2 aromatic heterocycles. The number of nitrogens with two attached hydrogens (primary N) is 1. The Labute approximate surface area is 117 Å². The van der Waals surface area contributed by atoms with Gasteiger partial charge in [-0.25, -0.2) is 4.39 Å². The van der Waals surface area contributed by atoms with Crippen LogP contribution < -0.4 is 11.3 Å². The number of nitrogens with zero attached hydrogens (tertiary/aromatic N) is 2. The molecule has 3 N–H and O–H groups in total. The van der Waals surface area contributed by atoms with Gasteiger partial charge in [-0.15, -0.1) is 0 Å². The van der Waals surface area contributed by atoms with Crippen LogP contribution in [0.5, 0.6) is 0 Å². The quantitative estimate of drug-likeness (QED) is 0.664. The maximum atomic E-state index is 14.0. The lowest BCUT2D eigenvalue weighted by Crippen LogP contribution is -2.35. The van der Waals surface area contributed by atoms with E-state index in [4.69, 9.17) is 5.84 Å². The second-order valence-electron chi connectivity index (χ2n) is 5.06. The molecular formula is C15H17FN4. The molecule has 104 valence electrons. The van der Waals surface area contributed by atoms with Gasteiger partial charge in [0.2, 0.25) is 0 Å². The standard InChI is InChI=1S/C15H17FN4/c16-12-7-3-9-19-15(12)14(20-17)11-6-1-4-10-5-2-8-18-13(10)11/h2-3,5,7-9,11,14,20H,1,4,6,17H2. The van der Waals surface area contributed by atoms with Crippen LogP contribution in [-0.2, 0) is 6.42 Å². The third kappa shape index (κ3) is 2.30. The zero-order chi connectivity index (χ0) is 13.9. The molecule has 2 unspecified atom stereocenters. The average Bonchev–Trinajstić information content (AvgIpc) is 2.50. The molecule has 2 heterocycles. The Morgan fingerprint density at radius 1 is 1.25 bits per heavy atom. The van der Waals surface area contributed by atoms with Crippen LogP contribution in [0.15, 0.2) is 36.7 Å². The van der Waals surface area contributed by atoms with Crippen molar-refractivity contribution in [1.29, 1.82) is 0 Å². The van der Waals surface area contributed by atoms with E-state index in [1.54, 1.807) is 18.5 Å². The largest absolute Gasteiger partial charge is 0.271 e. The van der Waals surface area contributed by atoms with E-state index in [1.165, 1.54) is 11.6 Å². The lowest BCUT2D eigenvalue weighted by atomic mass is 9.81. The molecule has 1 aliphatic carbocycles. The summed E-state index contributed by atoms with van der Waals surface area (Å²) in [6.45, 7) is 0. The third-order valence-corrected chi connectivity index (χ3v) is 3.90. The maximum Gasteiger partial charge on any atom is 0.146 e. The number of hydrazine groups is 1. The zero-order valence-electron chi connectivity index (χ0n) is 11.1. The first-order valence-corrected chi connectivity index (χ1v) is 6.81. The van der Waals surface area contributed by atoms with E-state index in [1.807, 2.05) is 6.07 Å². The summed E-state index contributed by atoms with van der Waals surface area (Å²) in [6.07, 6.45) is 6.36. The molecule has 2 aromatic rings. The lowest BCUT2D eigenvalue weighted by Gasteiger charge is -2.30. The molecule has 2 atom stereocenters. The number of aryl methyl sites for hydroxylation is 1. The molecule has 0 radical (unpaired) electrons. The topological polar surface area (TPSA) is 63.8 Å². The van der Waals surface area contributed by atoms with E-state index in [9.17, 15) is 4.39 Å². The highest BCUT2D eigenvalue weighted by Crippen LogP contribution is 2.38. The van der Waals surface area contributed by atoms with Gasteiger partial charge in [-0.1, -0.05) is 6.07 Å². The summed E-state index contributed by atoms with van der Waals surface area (Å²) in [5.41, 5.74) is 5.32. The van der Waals surface area contributed by atoms with Crippen LogP contribution in [0.4, 0.5) is 4.39 Å². The molecule has 5 heteroatoms. The summed E-state index contributed by atoms with van der Waals surface area (Å²) in [5.74, 6) is 5.39. The van der Waals surface area contributed by atoms with Crippen molar-refractivity contribution in [3.63, 3.8) is 0 Å². The number of fused-ring (bicyclic) bond motifs is 1. The Balaban J connectivity index is 2.01. The number of rotatable bonds is 3. The van der Waals surface area contributed by atoms with Crippen LogP contribution in [0, 0.1) is 5.82 Å².